The summed E-state index contributed by atoms with van der Waals surface area (Å²) in [6.45, 7) is 3.75. The number of aliphatic hydroxyl groups is 1. The molecule has 7 nitrogen and oxygen atoms in total. The highest BCUT2D eigenvalue weighted by molar-refractivity contribution is 7.16. The van der Waals surface area contributed by atoms with E-state index in [-0.39, 0.29) is 11.3 Å². The van der Waals surface area contributed by atoms with Crippen LogP contribution in [0.3, 0.4) is 0 Å². The molecule has 1 aliphatic rings. The predicted octanol–water partition coefficient (Wildman–Crippen LogP) is 4.40. The van der Waals surface area contributed by atoms with Crippen molar-refractivity contribution >= 4 is 33.9 Å². The van der Waals surface area contributed by atoms with E-state index in [4.69, 9.17) is 9.47 Å². The standard InChI is InChI=1S/C24H22N2O5S/c1-13-14(2)32-24(25-13)26-20(17-12-16(30-3)10-11-18(17)31-4)19(22(28)23(26)29)21(27)15-8-6-5-7-9-15/h5-12,20,27H,1-4H3/b21-19+. The quantitative estimate of drug-likeness (QED) is 0.352. The zero-order chi connectivity index (χ0) is 23.0. The van der Waals surface area contributed by atoms with Gasteiger partial charge in [0.2, 0.25) is 0 Å². The molecular weight excluding hydrogens is 428 g/mol. The molecular formula is C24H22N2O5S. The van der Waals surface area contributed by atoms with Crippen LogP contribution in [0.15, 0.2) is 54.1 Å². The highest BCUT2D eigenvalue weighted by atomic mass is 32.1. The van der Waals surface area contributed by atoms with Gasteiger partial charge in [0.25, 0.3) is 5.78 Å². The van der Waals surface area contributed by atoms with Crippen molar-refractivity contribution in [2.45, 2.75) is 19.9 Å². The van der Waals surface area contributed by atoms with Crippen LogP contribution in [-0.2, 0) is 9.59 Å². The average Bonchev–Trinajstić information content (AvgIpc) is 3.28. The van der Waals surface area contributed by atoms with Crippen LogP contribution in [0.2, 0.25) is 0 Å². The lowest BCUT2D eigenvalue weighted by atomic mass is 9.94. The number of anilines is 1. The third-order valence-electron chi connectivity index (χ3n) is 5.45. The summed E-state index contributed by atoms with van der Waals surface area (Å²) in [5.74, 6) is -0.826. The van der Waals surface area contributed by atoms with E-state index < -0.39 is 17.7 Å². The number of hydrogen-bond donors (Lipinski definition) is 1. The highest BCUT2D eigenvalue weighted by Crippen LogP contribution is 2.46. The summed E-state index contributed by atoms with van der Waals surface area (Å²) in [4.78, 5) is 33.2. The predicted molar refractivity (Wildman–Crippen MR) is 122 cm³/mol. The van der Waals surface area contributed by atoms with Gasteiger partial charge in [-0.25, -0.2) is 4.98 Å². The minimum absolute atomic E-state index is 0.0294. The van der Waals surface area contributed by atoms with Crippen LogP contribution in [0.5, 0.6) is 11.5 Å². The molecule has 32 heavy (non-hydrogen) atoms. The summed E-state index contributed by atoms with van der Waals surface area (Å²) in [6, 6.07) is 12.9. The van der Waals surface area contributed by atoms with Crippen molar-refractivity contribution < 1.29 is 24.2 Å². The molecule has 0 radical (unpaired) electrons. The van der Waals surface area contributed by atoms with Gasteiger partial charge in [-0.2, -0.15) is 0 Å². The third-order valence-corrected chi connectivity index (χ3v) is 6.52. The van der Waals surface area contributed by atoms with Gasteiger partial charge < -0.3 is 14.6 Å². The second-order valence-electron chi connectivity index (χ2n) is 7.28. The summed E-state index contributed by atoms with van der Waals surface area (Å²) in [6.07, 6.45) is 0. The van der Waals surface area contributed by atoms with E-state index in [1.807, 2.05) is 13.8 Å². The van der Waals surface area contributed by atoms with Gasteiger partial charge in [0.15, 0.2) is 5.13 Å². The second-order valence-corrected chi connectivity index (χ2v) is 8.46. The zero-order valence-electron chi connectivity index (χ0n) is 18.1. The van der Waals surface area contributed by atoms with Crippen molar-refractivity contribution in [1.29, 1.82) is 0 Å². The molecule has 1 aliphatic heterocycles. The Kier molecular flexibility index (Phi) is 5.71. The molecule has 3 aromatic rings. The number of benzene rings is 2. The first-order valence-electron chi connectivity index (χ1n) is 9.89. The molecule has 0 bridgehead atoms. The molecule has 2 heterocycles. The molecule has 164 valence electrons. The maximum absolute atomic E-state index is 13.2. The Labute approximate surface area is 189 Å². The normalized spacial score (nSPS) is 17.6. The van der Waals surface area contributed by atoms with Crippen LogP contribution >= 0.6 is 11.3 Å². The molecule has 1 atom stereocenters. The summed E-state index contributed by atoms with van der Waals surface area (Å²) in [5, 5.41) is 11.5. The minimum atomic E-state index is -0.940. The van der Waals surface area contributed by atoms with Gasteiger partial charge in [-0.3, -0.25) is 14.5 Å². The monoisotopic (exact) mass is 450 g/mol. The number of methoxy groups -OCH3 is 2. The Balaban J connectivity index is 2.02. The van der Waals surface area contributed by atoms with E-state index in [9.17, 15) is 14.7 Å². The number of carbonyl (C=O) groups is 2. The summed E-state index contributed by atoms with van der Waals surface area (Å²) in [5.41, 5.74) is 1.68. The number of aromatic nitrogens is 1. The van der Waals surface area contributed by atoms with Crippen LogP contribution in [0.25, 0.3) is 5.76 Å². The van der Waals surface area contributed by atoms with Crippen molar-refractivity contribution in [2.24, 2.45) is 0 Å². The van der Waals surface area contributed by atoms with Crippen molar-refractivity contribution in [3.8, 4) is 11.5 Å². The molecule has 1 fully saturated rings. The first-order chi connectivity index (χ1) is 15.4. The number of aliphatic hydroxyl groups excluding tert-OH is 1. The highest BCUT2D eigenvalue weighted by Gasteiger charge is 2.49. The van der Waals surface area contributed by atoms with Crippen LogP contribution in [0.1, 0.15) is 27.7 Å². The molecule has 8 heteroatoms. The number of Topliss-reactive ketones (excluding diaryl/α,β-unsaturated/α-hetero) is 1. The van der Waals surface area contributed by atoms with E-state index in [1.165, 1.54) is 30.5 Å². The third kappa shape index (κ3) is 3.52. The SMILES string of the molecule is COc1ccc(OC)c(C2/C(=C(\O)c3ccccc3)C(=O)C(=O)N2c2nc(C)c(C)s2)c1. The topological polar surface area (TPSA) is 89.0 Å². The Morgan fingerprint density at radius 3 is 2.38 bits per heavy atom. The average molecular weight is 451 g/mol. The van der Waals surface area contributed by atoms with Gasteiger partial charge in [-0.05, 0) is 32.0 Å². The first-order valence-corrected chi connectivity index (χ1v) is 10.7. The molecule has 1 aromatic heterocycles. The lowest BCUT2D eigenvalue weighted by Crippen LogP contribution is -2.29. The Morgan fingerprint density at radius 2 is 1.78 bits per heavy atom. The lowest BCUT2D eigenvalue weighted by molar-refractivity contribution is -0.132. The van der Waals surface area contributed by atoms with Crippen LogP contribution in [0, 0.1) is 13.8 Å². The van der Waals surface area contributed by atoms with Crippen molar-refractivity contribution in [3.05, 3.63) is 75.8 Å². The summed E-state index contributed by atoms with van der Waals surface area (Å²) in [7, 11) is 3.03. The number of nitrogens with zero attached hydrogens (tertiary/aromatic N) is 2. The first kappa shape index (κ1) is 21.6. The fourth-order valence-corrected chi connectivity index (χ4v) is 4.62. The molecule has 0 saturated carbocycles. The molecule has 1 unspecified atom stereocenters. The van der Waals surface area contributed by atoms with Crippen molar-refractivity contribution in [1.82, 2.24) is 4.98 Å². The van der Waals surface area contributed by atoms with Crippen LogP contribution in [0.4, 0.5) is 5.13 Å². The molecule has 1 saturated heterocycles. The zero-order valence-corrected chi connectivity index (χ0v) is 18.9. The number of ether oxygens (including phenoxy) is 2. The largest absolute Gasteiger partial charge is 0.507 e. The number of hydrogen-bond acceptors (Lipinski definition) is 7. The molecule has 0 aliphatic carbocycles. The second kappa shape index (κ2) is 8.47. The van der Waals surface area contributed by atoms with E-state index >= 15 is 0 Å². The summed E-state index contributed by atoms with van der Waals surface area (Å²) < 4.78 is 10.9. The van der Waals surface area contributed by atoms with Crippen molar-refractivity contribution in [3.63, 3.8) is 0 Å². The number of carbonyl (C=O) groups excluding carboxylic acids is 2. The molecule has 1 amide bonds. The van der Waals surface area contributed by atoms with Crippen LogP contribution in [-0.4, -0.2) is 36.0 Å². The Morgan fingerprint density at radius 1 is 1.06 bits per heavy atom. The molecule has 4 rings (SSSR count). The van der Waals surface area contributed by atoms with Crippen LogP contribution < -0.4 is 14.4 Å². The summed E-state index contributed by atoms with van der Waals surface area (Å²) >= 11 is 1.31. The molecule has 1 N–H and O–H groups in total. The Hall–Kier alpha value is -3.65. The fraction of sp³-hybridized carbons (Fsp3) is 0.208. The van der Waals surface area contributed by atoms with Crippen molar-refractivity contribution in [2.75, 3.05) is 19.1 Å². The lowest BCUT2D eigenvalue weighted by Gasteiger charge is -2.25. The number of ketones is 1. The van der Waals surface area contributed by atoms with E-state index in [0.717, 1.165) is 10.6 Å². The smallest absolute Gasteiger partial charge is 0.301 e. The van der Waals surface area contributed by atoms with Gasteiger partial charge >= 0.3 is 5.91 Å². The maximum atomic E-state index is 13.2. The number of rotatable bonds is 5. The van der Waals surface area contributed by atoms with Gasteiger partial charge in [0.05, 0.1) is 25.5 Å². The number of thiazole rings is 1. The number of amides is 1. The molecule has 0 spiro atoms. The van der Waals surface area contributed by atoms with Gasteiger partial charge in [-0.15, -0.1) is 11.3 Å². The fourth-order valence-electron chi connectivity index (χ4n) is 3.69. The number of aryl methyl sites for hydroxylation is 2. The Bertz CT molecular complexity index is 1210. The van der Waals surface area contributed by atoms with Gasteiger partial charge in [0, 0.05) is 16.0 Å². The van der Waals surface area contributed by atoms with Gasteiger partial charge in [-0.1, -0.05) is 30.3 Å². The minimum Gasteiger partial charge on any atom is -0.507 e. The van der Waals surface area contributed by atoms with E-state index in [1.54, 1.807) is 48.5 Å². The maximum Gasteiger partial charge on any atom is 0.301 e. The van der Waals surface area contributed by atoms with E-state index in [0.29, 0.717) is 27.8 Å². The van der Waals surface area contributed by atoms with E-state index in [2.05, 4.69) is 4.98 Å². The molecule has 2 aromatic carbocycles. The van der Waals surface area contributed by atoms with Gasteiger partial charge in [0.1, 0.15) is 23.3 Å².